The highest BCUT2D eigenvalue weighted by Crippen LogP contribution is 2.26. The molecular weight excluding hydrogens is 497 g/mol. The summed E-state index contributed by atoms with van der Waals surface area (Å²) < 4.78 is 23.3. The molecule has 0 atom stereocenters. The van der Waals surface area contributed by atoms with Crippen molar-refractivity contribution in [3.8, 4) is 10.9 Å². The second-order valence-electron chi connectivity index (χ2n) is 8.46. The first-order chi connectivity index (χ1) is 17.9. The zero-order chi connectivity index (χ0) is 25.8. The molecule has 1 aromatic heterocycles. The monoisotopic (exact) mass is 519 g/mol. The molecule has 9 nitrogen and oxygen atoms in total. The molecule has 1 saturated heterocycles. The van der Waals surface area contributed by atoms with E-state index >= 15 is 0 Å². The van der Waals surface area contributed by atoms with Crippen LogP contribution in [-0.4, -0.2) is 51.3 Å². The van der Waals surface area contributed by atoms with E-state index in [1.54, 1.807) is 53.4 Å². The minimum absolute atomic E-state index is 0.0531. The van der Waals surface area contributed by atoms with Crippen LogP contribution in [0, 0.1) is 15.9 Å². The van der Waals surface area contributed by atoms with Crippen LogP contribution < -0.4 is 9.64 Å². The fourth-order valence-electron chi connectivity index (χ4n) is 4.06. The summed E-state index contributed by atoms with van der Waals surface area (Å²) in [6.07, 6.45) is 0.463. The van der Waals surface area contributed by atoms with Gasteiger partial charge in [-0.3, -0.25) is 14.9 Å². The Hall–Kier alpha value is -4.38. The third kappa shape index (κ3) is 5.89. The van der Waals surface area contributed by atoms with Crippen LogP contribution in [0.15, 0.2) is 72.8 Å². The number of nitrogens with zero attached hydrogens (tertiary/aromatic N) is 5. The van der Waals surface area contributed by atoms with E-state index in [9.17, 15) is 19.3 Å². The lowest BCUT2D eigenvalue weighted by atomic mass is 10.1. The molecule has 4 aromatic rings. The van der Waals surface area contributed by atoms with E-state index in [-0.39, 0.29) is 17.4 Å². The van der Waals surface area contributed by atoms with Gasteiger partial charge in [0, 0.05) is 67.5 Å². The lowest BCUT2D eigenvalue weighted by Gasteiger charge is -2.36. The predicted octanol–water partition coefficient (Wildman–Crippen LogP) is 4.93. The lowest BCUT2D eigenvalue weighted by molar-refractivity contribution is -0.384. The summed E-state index contributed by atoms with van der Waals surface area (Å²) in [6, 6.07) is 19.6. The number of anilines is 1. The quantitative estimate of drug-likeness (QED) is 0.252. The summed E-state index contributed by atoms with van der Waals surface area (Å²) >= 11 is 1.11. The Balaban J connectivity index is 1.18. The molecule has 0 saturated carbocycles. The number of aromatic nitrogens is 2. The van der Waals surface area contributed by atoms with Gasteiger partial charge in [-0.15, -0.1) is 0 Å². The number of hydrogen-bond acceptors (Lipinski definition) is 8. The van der Waals surface area contributed by atoms with Gasteiger partial charge >= 0.3 is 0 Å². The van der Waals surface area contributed by atoms with Crippen LogP contribution in [0.3, 0.4) is 0 Å². The normalized spacial score (nSPS) is 13.4. The molecule has 11 heteroatoms. The average Bonchev–Trinajstić information content (AvgIpc) is 3.36. The van der Waals surface area contributed by atoms with E-state index in [1.807, 2.05) is 0 Å². The van der Waals surface area contributed by atoms with Crippen molar-refractivity contribution in [2.75, 3.05) is 31.1 Å². The molecule has 1 aliphatic rings. The Morgan fingerprint density at radius 1 is 1.03 bits per heavy atom. The van der Waals surface area contributed by atoms with Crippen molar-refractivity contribution in [2.24, 2.45) is 0 Å². The van der Waals surface area contributed by atoms with Crippen LogP contribution in [-0.2, 0) is 6.42 Å². The zero-order valence-corrected chi connectivity index (χ0v) is 20.4. The van der Waals surface area contributed by atoms with Gasteiger partial charge in [0.2, 0.25) is 0 Å². The maximum Gasteiger partial charge on any atom is 0.298 e. The van der Waals surface area contributed by atoms with Crippen molar-refractivity contribution < 1.29 is 18.8 Å². The van der Waals surface area contributed by atoms with E-state index in [0.717, 1.165) is 22.8 Å². The molecule has 188 valence electrons. The van der Waals surface area contributed by atoms with Crippen molar-refractivity contribution in [2.45, 2.75) is 6.42 Å². The first-order valence-electron chi connectivity index (χ1n) is 11.6. The third-order valence-corrected chi connectivity index (χ3v) is 6.64. The molecule has 3 aromatic carbocycles. The highest BCUT2D eigenvalue weighted by Gasteiger charge is 2.23. The number of nitro benzene ring substituents is 1. The molecule has 37 heavy (non-hydrogen) atoms. The van der Waals surface area contributed by atoms with Crippen LogP contribution >= 0.6 is 11.5 Å². The summed E-state index contributed by atoms with van der Waals surface area (Å²) in [5.74, 6) is 0.674. The summed E-state index contributed by atoms with van der Waals surface area (Å²) in [7, 11) is 0. The number of rotatable bonds is 7. The van der Waals surface area contributed by atoms with Crippen molar-refractivity contribution in [3.63, 3.8) is 0 Å². The number of nitro groups is 1. The van der Waals surface area contributed by atoms with Gasteiger partial charge in [-0.25, -0.2) is 4.39 Å². The Morgan fingerprint density at radius 3 is 2.46 bits per heavy atom. The Morgan fingerprint density at radius 2 is 1.76 bits per heavy atom. The van der Waals surface area contributed by atoms with E-state index in [4.69, 9.17) is 4.74 Å². The van der Waals surface area contributed by atoms with E-state index in [1.165, 1.54) is 24.3 Å². The SMILES string of the molecule is O=C(c1cccc(Oc2nc(Cc3ccc(F)cc3)ns2)c1)N1CCN(c2ccc([N+](=O)[O-])cc2)CC1. The van der Waals surface area contributed by atoms with E-state index in [2.05, 4.69) is 14.3 Å². The van der Waals surface area contributed by atoms with Gasteiger partial charge in [0.1, 0.15) is 11.6 Å². The standard InChI is InChI=1S/C26H22FN5O4S/c27-20-6-4-18(5-7-20)16-24-28-26(37-29-24)36-23-3-1-2-19(17-23)25(33)31-14-12-30(13-15-31)21-8-10-22(11-9-21)32(34)35/h1-11,17H,12-16H2. The van der Waals surface area contributed by atoms with Crippen LogP contribution in [0.2, 0.25) is 0 Å². The van der Waals surface area contributed by atoms with Crippen molar-refractivity contribution in [1.82, 2.24) is 14.3 Å². The molecule has 1 amide bonds. The zero-order valence-electron chi connectivity index (χ0n) is 19.6. The second kappa shape index (κ2) is 10.7. The molecule has 0 radical (unpaired) electrons. The lowest BCUT2D eigenvalue weighted by Crippen LogP contribution is -2.48. The molecule has 0 aliphatic carbocycles. The van der Waals surface area contributed by atoms with E-state index < -0.39 is 4.92 Å². The number of amides is 1. The minimum atomic E-state index is -0.420. The molecule has 0 bridgehead atoms. The van der Waals surface area contributed by atoms with Gasteiger partial charge in [0.05, 0.1) is 4.92 Å². The predicted molar refractivity (Wildman–Crippen MR) is 137 cm³/mol. The van der Waals surface area contributed by atoms with Crippen LogP contribution in [0.4, 0.5) is 15.8 Å². The average molecular weight is 520 g/mol. The highest BCUT2D eigenvalue weighted by molar-refractivity contribution is 7.07. The third-order valence-electron chi connectivity index (χ3n) is 6.00. The van der Waals surface area contributed by atoms with Gasteiger partial charge in [0.25, 0.3) is 16.8 Å². The number of halogens is 1. The largest absolute Gasteiger partial charge is 0.430 e. The number of carbonyl (C=O) groups excluding carboxylic acids is 1. The van der Waals surface area contributed by atoms with Crippen molar-refractivity contribution in [1.29, 1.82) is 0 Å². The number of non-ortho nitro benzene ring substituents is 1. The Bertz CT molecular complexity index is 1400. The molecule has 5 rings (SSSR count). The van der Waals surface area contributed by atoms with Crippen LogP contribution in [0.25, 0.3) is 0 Å². The van der Waals surface area contributed by atoms with E-state index in [0.29, 0.717) is 54.9 Å². The molecule has 2 heterocycles. The first kappa shape index (κ1) is 24.3. The number of hydrogen-bond donors (Lipinski definition) is 0. The topological polar surface area (TPSA) is 102 Å². The summed E-state index contributed by atoms with van der Waals surface area (Å²) in [6.45, 7) is 2.32. The molecule has 1 aliphatic heterocycles. The summed E-state index contributed by atoms with van der Waals surface area (Å²) in [5.41, 5.74) is 2.35. The fourth-order valence-corrected chi connectivity index (χ4v) is 4.63. The maximum atomic E-state index is 13.1. The highest BCUT2D eigenvalue weighted by atomic mass is 32.1. The van der Waals surface area contributed by atoms with Crippen LogP contribution in [0.1, 0.15) is 21.7 Å². The van der Waals surface area contributed by atoms with Gasteiger partial charge < -0.3 is 14.5 Å². The molecular formula is C26H22FN5O4S. The summed E-state index contributed by atoms with van der Waals surface area (Å²) in [5, 5.41) is 11.2. The van der Waals surface area contributed by atoms with Gasteiger partial charge in [0.15, 0.2) is 5.82 Å². The number of benzene rings is 3. The van der Waals surface area contributed by atoms with Gasteiger partial charge in [-0.1, -0.05) is 18.2 Å². The fraction of sp³-hybridized carbons (Fsp3) is 0.192. The molecule has 0 N–H and O–H groups in total. The summed E-state index contributed by atoms with van der Waals surface area (Å²) in [4.78, 5) is 31.9. The smallest absolute Gasteiger partial charge is 0.298 e. The van der Waals surface area contributed by atoms with Gasteiger partial charge in [-0.2, -0.15) is 9.36 Å². The minimum Gasteiger partial charge on any atom is -0.430 e. The van der Waals surface area contributed by atoms with Gasteiger partial charge in [-0.05, 0) is 48.0 Å². The van der Waals surface area contributed by atoms with Crippen molar-refractivity contribution >= 4 is 28.8 Å². The molecule has 0 spiro atoms. The Kier molecular flexibility index (Phi) is 7.04. The number of ether oxygens (including phenoxy) is 1. The molecule has 0 unspecified atom stereocenters. The Labute approximate surface area is 216 Å². The van der Waals surface area contributed by atoms with Crippen molar-refractivity contribution in [3.05, 3.63) is 106 Å². The van der Waals surface area contributed by atoms with Crippen LogP contribution in [0.5, 0.6) is 10.9 Å². The maximum absolute atomic E-state index is 13.1. The second-order valence-corrected chi connectivity index (χ2v) is 9.18. The number of carbonyl (C=O) groups is 1. The first-order valence-corrected chi connectivity index (χ1v) is 12.4. The molecule has 1 fully saturated rings. The number of piperazine rings is 1.